The van der Waals surface area contributed by atoms with Crippen LogP contribution in [-0.4, -0.2) is 45.2 Å². The van der Waals surface area contributed by atoms with Crippen LogP contribution >= 0.6 is 11.6 Å². The van der Waals surface area contributed by atoms with Crippen molar-refractivity contribution in [2.75, 3.05) is 44.0 Å². The number of carbonyl (C=O) groups is 2. The lowest BCUT2D eigenvalue weighted by atomic mass is 10.2. The molecule has 0 fully saturated rings. The van der Waals surface area contributed by atoms with E-state index in [1.807, 2.05) is 13.8 Å². The summed E-state index contributed by atoms with van der Waals surface area (Å²) in [6.45, 7) is 5.10. The number of quaternary nitrogens is 1. The molecule has 2 aromatic rings. The predicted octanol–water partition coefficient (Wildman–Crippen LogP) is 2.23. The van der Waals surface area contributed by atoms with Crippen molar-refractivity contribution in [1.29, 1.82) is 0 Å². The Morgan fingerprint density at radius 3 is 1.97 bits per heavy atom. The Labute approximate surface area is 175 Å². The van der Waals surface area contributed by atoms with Gasteiger partial charge in [0.05, 0.1) is 20.3 Å². The normalized spacial score (nSPS) is 11.4. The maximum absolute atomic E-state index is 12.3. The van der Waals surface area contributed by atoms with Crippen LogP contribution < -0.4 is 25.0 Å². The molecule has 156 valence electrons. The van der Waals surface area contributed by atoms with E-state index in [1.54, 1.807) is 49.5 Å². The predicted molar refractivity (Wildman–Crippen MR) is 114 cm³/mol. The summed E-state index contributed by atoms with van der Waals surface area (Å²) in [5, 5.41) is 6.21. The summed E-state index contributed by atoms with van der Waals surface area (Å²) in [7, 11) is 1.78. The molecule has 8 heteroatoms. The molecule has 0 aliphatic rings. The summed E-state index contributed by atoms with van der Waals surface area (Å²) in [5.41, 5.74) is 1.27. The number of rotatable bonds is 10. The fourth-order valence-corrected chi connectivity index (χ4v) is 2.81. The largest absolute Gasteiger partial charge is 0.490 e. The Morgan fingerprint density at radius 2 is 1.38 bits per heavy atom. The summed E-state index contributed by atoms with van der Waals surface area (Å²) >= 11 is 5.83. The minimum atomic E-state index is -0.201. The van der Waals surface area contributed by atoms with Crippen molar-refractivity contribution in [3.8, 4) is 11.5 Å². The van der Waals surface area contributed by atoms with Gasteiger partial charge in [-0.25, -0.2) is 0 Å². The highest BCUT2D eigenvalue weighted by Gasteiger charge is 2.15. The van der Waals surface area contributed by atoms with Gasteiger partial charge in [0.1, 0.15) is 0 Å². The fraction of sp³-hybridized carbons (Fsp3) is 0.333. The van der Waals surface area contributed by atoms with Gasteiger partial charge in [0.15, 0.2) is 24.6 Å². The van der Waals surface area contributed by atoms with E-state index in [0.717, 1.165) is 4.90 Å². The molecule has 3 N–H and O–H groups in total. The number of hydrogen-bond donors (Lipinski definition) is 3. The van der Waals surface area contributed by atoms with Crippen molar-refractivity contribution in [1.82, 2.24) is 0 Å². The van der Waals surface area contributed by atoms with E-state index in [2.05, 4.69) is 10.6 Å². The summed E-state index contributed by atoms with van der Waals surface area (Å²) < 4.78 is 11.1. The average Bonchev–Trinajstić information content (AvgIpc) is 2.65. The molecule has 2 rings (SSSR count). The zero-order valence-electron chi connectivity index (χ0n) is 16.9. The van der Waals surface area contributed by atoms with Gasteiger partial charge in [0, 0.05) is 22.5 Å². The highest BCUT2D eigenvalue weighted by atomic mass is 35.5. The van der Waals surface area contributed by atoms with Crippen LogP contribution in [0.15, 0.2) is 42.5 Å². The number of hydrogen-bond acceptors (Lipinski definition) is 4. The van der Waals surface area contributed by atoms with E-state index in [4.69, 9.17) is 21.1 Å². The molecule has 29 heavy (non-hydrogen) atoms. The Kier molecular flexibility index (Phi) is 8.76. The molecular formula is C21H27ClN3O4+. The molecule has 0 spiro atoms. The van der Waals surface area contributed by atoms with Crippen LogP contribution in [-0.2, 0) is 9.59 Å². The second-order valence-electron chi connectivity index (χ2n) is 6.44. The maximum atomic E-state index is 12.3. The van der Waals surface area contributed by atoms with E-state index < -0.39 is 0 Å². The number of amides is 2. The Morgan fingerprint density at radius 1 is 0.862 bits per heavy atom. The van der Waals surface area contributed by atoms with Crippen LogP contribution in [0.1, 0.15) is 13.8 Å². The highest BCUT2D eigenvalue weighted by Crippen LogP contribution is 2.30. The van der Waals surface area contributed by atoms with Crippen LogP contribution in [0, 0.1) is 0 Å². The molecule has 0 aromatic heterocycles. The maximum Gasteiger partial charge on any atom is 0.279 e. The number of likely N-dealkylation sites (N-methyl/N-ethyl adjacent to an activating group) is 1. The first-order valence-electron chi connectivity index (χ1n) is 9.47. The lowest BCUT2D eigenvalue weighted by molar-refractivity contribution is -0.862. The summed E-state index contributed by atoms with van der Waals surface area (Å²) in [5.74, 6) is 0.829. The number of carbonyl (C=O) groups excluding carboxylic acids is 2. The third-order valence-corrected chi connectivity index (χ3v) is 4.13. The number of ether oxygens (including phenoxy) is 2. The summed E-state index contributed by atoms with van der Waals surface area (Å²) in [6, 6.07) is 12.1. The van der Waals surface area contributed by atoms with Gasteiger partial charge in [-0.15, -0.1) is 0 Å². The van der Waals surface area contributed by atoms with Crippen molar-refractivity contribution in [3.63, 3.8) is 0 Å². The van der Waals surface area contributed by atoms with Crippen LogP contribution in [0.3, 0.4) is 0 Å². The van der Waals surface area contributed by atoms with E-state index >= 15 is 0 Å². The number of halogens is 1. The smallest absolute Gasteiger partial charge is 0.279 e. The van der Waals surface area contributed by atoms with Gasteiger partial charge in [-0.3, -0.25) is 9.59 Å². The van der Waals surface area contributed by atoms with Crippen molar-refractivity contribution in [2.45, 2.75) is 13.8 Å². The molecule has 2 aromatic carbocycles. The second-order valence-corrected chi connectivity index (χ2v) is 6.88. The Bertz CT molecular complexity index is 827. The van der Waals surface area contributed by atoms with Crippen molar-refractivity contribution < 1.29 is 24.0 Å². The molecule has 0 heterocycles. The van der Waals surface area contributed by atoms with E-state index in [9.17, 15) is 9.59 Å². The highest BCUT2D eigenvalue weighted by molar-refractivity contribution is 6.30. The lowest BCUT2D eigenvalue weighted by Crippen LogP contribution is -3.11. The van der Waals surface area contributed by atoms with Crippen LogP contribution in [0.4, 0.5) is 11.4 Å². The average molecular weight is 421 g/mol. The van der Waals surface area contributed by atoms with Crippen molar-refractivity contribution >= 4 is 34.8 Å². The lowest BCUT2D eigenvalue weighted by Gasteiger charge is -2.15. The molecule has 0 saturated heterocycles. The van der Waals surface area contributed by atoms with Crippen LogP contribution in [0.25, 0.3) is 0 Å². The van der Waals surface area contributed by atoms with Gasteiger partial charge in [0.25, 0.3) is 11.8 Å². The minimum absolute atomic E-state index is 0.144. The standard InChI is InChI=1S/C21H26ClN3O4/c1-4-28-18-11-10-17(12-19(18)29-5-2)24-21(27)14-25(3)13-20(26)23-16-8-6-15(22)7-9-16/h6-12H,4-5,13-14H2,1-3H3,(H,23,26)(H,24,27)/p+1. The SMILES string of the molecule is CCOc1ccc(NC(=O)C[NH+](C)CC(=O)Nc2ccc(Cl)cc2)cc1OCC. The van der Waals surface area contributed by atoms with E-state index in [0.29, 0.717) is 41.1 Å². The zero-order valence-corrected chi connectivity index (χ0v) is 17.6. The number of anilines is 2. The molecular weight excluding hydrogens is 394 g/mol. The fourth-order valence-electron chi connectivity index (χ4n) is 2.68. The zero-order chi connectivity index (χ0) is 21.2. The Balaban J connectivity index is 1.86. The van der Waals surface area contributed by atoms with E-state index in [1.165, 1.54) is 0 Å². The molecule has 0 aliphatic carbocycles. The first kappa shape index (κ1) is 22.5. The molecule has 0 aliphatic heterocycles. The summed E-state index contributed by atoms with van der Waals surface area (Å²) in [6.07, 6.45) is 0. The van der Waals surface area contributed by atoms with Crippen LogP contribution in [0.5, 0.6) is 11.5 Å². The first-order chi connectivity index (χ1) is 13.9. The topological polar surface area (TPSA) is 81.1 Å². The van der Waals surface area contributed by atoms with Gasteiger partial charge in [0.2, 0.25) is 0 Å². The quantitative estimate of drug-likeness (QED) is 0.550. The molecule has 1 unspecified atom stereocenters. The Hall–Kier alpha value is -2.77. The third kappa shape index (κ3) is 7.63. The monoisotopic (exact) mass is 420 g/mol. The second kappa shape index (κ2) is 11.3. The number of benzene rings is 2. The van der Waals surface area contributed by atoms with Crippen molar-refractivity contribution in [3.05, 3.63) is 47.5 Å². The molecule has 2 amide bonds. The van der Waals surface area contributed by atoms with Gasteiger partial charge in [-0.1, -0.05) is 11.6 Å². The van der Waals surface area contributed by atoms with Crippen molar-refractivity contribution in [2.24, 2.45) is 0 Å². The molecule has 0 radical (unpaired) electrons. The molecule has 0 bridgehead atoms. The summed E-state index contributed by atoms with van der Waals surface area (Å²) in [4.78, 5) is 25.2. The van der Waals surface area contributed by atoms with Crippen LogP contribution in [0.2, 0.25) is 5.02 Å². The molecule has 1 atom stereocenters. The van der Waals surface area contributed by atoms with Gasteiger partial charge >= 0.3 is 0 Å². The molecule has 0 saturated carbocycles. The van der Waals surface area contributed by atoms with Gasteiger partial charge in [-0.2, -0.15) is 0 Å². The third-order valence-electron chi connectivity index (χ3n) is 3.88. The molecule has 7 nitrogen and oxygen atoms in total. The minimum Gasteiger partial charge on any atom is -0.490 e. The van der Waals surface area contributed by atoms with Gasteiger partial charge < -0.3 is 25.0 Å². The van der Waals surface area contributed by atoms with Gasteiger partial charge in [-0.05, 0) is 50.2 Å². The van der Waals surface area contributed by atoms with E-state index in [-0.39, 0.29) is 24.9 Å². The number of nitrogens with one attached hydrogen (secondary N) is 3. The first-order valence-corrected chi connectivity index (χ1v) is 9.85.